The van der Waals surface area contributed by atoms with Crippen molar-refractivity contribution in [2.45, 2.75) is 6.42 Å². The van der Waals surface area contributed by atoms with Gasteiger partial charge in [-0.15, -0.1) is 0 Å². The minimum atomic E-state index is -0.389. The number of nitrogens with zero attached hydrogens (tertiary/aromatic N) is 2. The summed E-state index contributed by atoms with van der Waals surface area (Å²) < 4.78 is 27.5. The summed E-state index contributed by atoms with van der Waals surface area (Å²) in [5, 5.41) is 20.9. The predicted molar refractivity (Wildman–Crippen MR) is 100 cm³/mol. The van der Waals surface area contributed by atoms with Gasteiger partial charge < -0.3 is 15.1 Å². The Hall–Kier alpha value is -3.28. The summed E-state index contributed by atoms with van der Waals surface area (Å²) in [5.41, 5.74) is 3.07. The summed E-state index contributed by atoms with van der Waals surface area (Å²) in [6.45, 7) is 1.19. The van der Waals surface area contributed by atoms with Gasteiger partial charge in [0.05, 0.1) is 5.69 Å². The molecular weight excluding hydrogens is 350 g/mol. The quantitative estimate of drug-likeness (QED) is 0.718. The van der Waals surface area contributed by atoms with Crippen molar-refractivity contribution in [3.63, 3.8) is 0 Å². The summed E-state index contributed by atoms with van der Waals surface area (Å²) in [7, 11) is 0. The lowest BCUT2D eigenvalue weighted by molar-refractivity contribution is 0.402. The van der Waals surface area contributed by atoms with Gasteiger partial charge in [-0.3, -0.25) is 0 Å². The first kappa shape index (κ1) is 17.1. The number of rotatable bonds is 3. The number of hydrogen-bond acceptors (Lipinski definition) is 3. The number of aromatic nitrogens is 1. The van der Waals surface area contributed by atoms with Crippen molar-refractivity contribution in [2.24, 2.45) is 0 Å². The molecule has 3 aromatic rings. The second-order valence-electron chi connectivity index (χ2n) is 6.46. The maximum absolute atomic E-state index is 13.1. The first-order chi connectivity index (χ1) is 13.0. The summed E-state index contributed by atoms with van der Waals surface area (Å²) in [4.78, 5) is 1.95. The van der Waals surface area contributed by atoms with Gasteiger partial charge in [0.2, 0.25) is 11.8 Å². The van der Waals surface area contributed by atoms with Crippen LogP contribution in [0.3, 0.4) is 0 Å². The Bertz CT molecular complexity index is 992. The van der Waals surface area contributed by atoms with E-state index in [0.717, 1.165) is 17.6 Å². The number of benzene rings is 2. The third kappa shape index (κ3) is 3.26. The number of halogens is 2. The molecule has 138 valence electrons. The zero-order valence-electron chi connectivity index (χ0n) is 14.4. The van der Waals surface area contributed by atoms with E-state index in [2.05, 4.69) is 0 Å². The fourth-order valence-corrected chi connectivity index (χ4v) is 3.37. The SMILES string of the molecule is Oc1cc(N2CC=C(c3ccc(F)cc3)CC2)c(O)n1-c1ccc(F)cc1. The van der Waals surface area contributed by atoms with Crippen LogP contribution in [0.25, 0.3) is 11.3 Å². The van der Waals surface area contributed by atoms with Crippen molar-refractivity contribution in [3.8, 4) is 17.4 Å². The van der Waals surface area contributed by atoms with E-state index in [0.29, 0.717) is 24.5 Å². The molecule has 1 aliphatic rings. The average molecular weight is 368 g/mol. The van der Waals surface area contributed by atoms with Crippen LogP contribution in [0.1, 0.15) is 12.0 Å². The lowest BCUT2D eigenvalue weighted by atomic mass is 9.99. The highest BCUT2D eigenvalue weighted by atomic mass is 19.1. The molecule has 27 heavy (non-hydrogen) atoms. The average Bonchev–Trinajstić information content (AvgIpc) is 2.98. The molecule has 0 amide bonds. The van der Waals surface area contributed by atoms with Gasteiger partial charge >= 0.3 is 0 Å². The van der Waals surface area contributed by atoms with Gasteiger partial charge in [-0.1, -0.05) is 18.2 Å². The van der Waals surface area contributed by atoms with Crippen molar-refractivity contribution >= 4 is 11.3 Å². The van der Waals surface area contributed by atoms with E-state index in [-0.39, 0.29) is 23.4 Å². The van der Waals surface area contributed by atoms with Gasteiger partial charge in [0, 0.05) is 19.2 Å². The molecule has 1 aliphatic heterocycles. The molecule has 0 unspecified atom stereocenters. The molecule has 0 radical (unpaired) electrons. The summed E-state index contributed by atoms with van der Waals surface area (Å²) in [6.07, 6.45) is 2.76. The lowest BCUT2D eigenvalue weighted by Crippen LogP contribution is -2.28. The Morgan fingerprint density at radius 2 is 1.48 bits per heavy atom. The Balaban J connectivity index is 1.59. The van der Waals surface area contributed by atoms with E-state index in [4.69, 9.17) is 0 Å². The molecule has 4 nitrogen and oxygen atoms in total. The van der Waals surface area contributed by atoms with E-state index < -0.39 is 0 Å². The van der Waals surface area contributed by atoms with E-state index in [9.17, 15) is 19.0 Å². The smallest absolute Gasteiger partial charge is 0.223 e. The zero-order chi connectivity index (χ0) is 19.0. The van der Waals surface area contributed by atoms with Gasteiger partial charge in [-0.05, 0) is 54.0 Å². The molecule has 2 N–H and O–H groups in total. The van der Waals surface area contributed by atoms with Gasteiger partial charge in [-0.25, -0.2) is 13.3 Å². The van der Waals surface area contributed by atoms with E-state index in [1.807, 2.05) is 11.0 Å². The Kier molecular flexibility index (Phi) is 4.32. The molecule has 0 fully saturated rings. The van der Waals surface area contributed by atoms with Crippen LogP contribution in [0.5, 0.6) is 11.8 Å². The first-order valence-electron chi connectivity index (χ1n) is 8.62. The lowest BCUT2D eigenvalue weighted by Gasteiger charge is -2.27. The monoisotopic (exact) mass is 368 g/mol. The number of hydrogen-bond donors (Lipinski definition) is 2. The van der Waals surface area contributed by atoms with Crippen molar-refractivity contribution in [2.75, 3.05) is 18.0 Å². The fourth-order valence-electron chi connectivity index (χ4n) is 3.37. The molecule has 0 saturated heterocycles. The van der Waals surface area contributed by atoms with Crippen LogP contribution in [0.2, 0.25) is 0 Å². The van der Waals surface area contributed by atoms with Crippen LogP contribution in [-0.4, -0.2) is 27.9 Å². The standard InChI is InChI=1S/C21H18F2N2O2/c22-16-3-1-14(2-4-16)15-9-11-24(12-10-15)19-13-20(26)25(21(19)27)18-7-5-17(23)6-8-18/h1-9,13,26-27H,10-12H2. The number of anilines is 1. The predicted octanol–water partition coefficient (Wildman–Crippen LogP) is 4.46. The van der Waals surface area contributed by atoms with E-state index in [1.54, 1.807) is 12.1 Å². The molecule has 4 rings (SSSR count). The maximum atomic E-state index is 13.1. The van der Waals surface area contributed by atoms with E-state index >= 15 is 0 Å². The van der Waals surface area contributed by atoms with Gasteiger partial charge in [0.15, 0.2) is 0 Å². The molecule has 6 heteroatoms. The second kappa shape index (κ2) is 6.79. The van der Waals surface area contributed by atoms with Crippen LogP contribution in [0, 0.1) is 11.6 Å². The van der Waals surface area contributed by atoms with Crippen molar-refractivity contribution in [3.05, 3.63) is 77.9 Å². The highest BCUT2D eigenvalue weighted by Gasteiger charge is 2.22. The molecule has 2 heterocycles. The van der Waals surface area contributed by atoms with Crippen LogP contribution in [0.15, 0.2) is 60.7 Å². The zero-order valence-corrected chi connectivity index (χ0v) is 14.4. The maximum Gasteiger partial charge on any atom is 0.223 e. The Morgan fingerprint density at radius 3 is 2.07 bits per heavy atom. The third-order valence-electron chi connectivity index (χ3n) is 4.79. The summed E-state index contributed by atoms with van der Waals surface area (Å²) in [5.74, 6) is -0.876. The minimum Gasteiger partial charge on any atom is -0.494 e. The molecule has 0 aliphatic carbocycles. The molecule has 0 atom stereocenters. The highest BCUT2D eigenvalue weighted by Crippen LogP contribution is 2.39. The van der Waals surface area contributed by atoms with Gasteiger partial charge in [0.1, 0.15) is 17.3 Å². The van der Waals surface area contributed by atoms with Crippen molar-refractivity contribution < 1.29 is 19.0 Å². The van der Waals surface area contributed by atoms with Gasteiger partial charge in [0.25, 0.3) is 0 Å². The van der Waals surface area contributed by atoms with Crippen LogP contribution >= 0.6 is 0 Å². The molecule has 1 aromatic heterocycles. The molecule has 0 bridgehead atoms. The molecular formula is C21H18F2N2O2. The summed E-state index contributed by atoms with van der Waals surface area (Å²) in [6, 6.07) is 13.4. The number of aromatic hydroxyl groups is 2. The first-order valence-corrected chi connectivity index (χ1v) is 8.62. The largest absolute Gasteiger partial charge is 0.494 e. The van der Waals surface area contributed by atoms with Crippen LogP contribution in [0.4, 0.5) is 14.5 Å². The molecule has 0 spiro atoms. The Labute approximate surface area is 155 Å². The summed E-state index contributed by atoms with van der Waals surface area (Å²) >= 11 is 0. The van der Waals surface area contributed by atoms with Crippen molar-refractivity contribution in [1.29, 1.82) is 0 Å². The van der Waals surface area contributed by atoms with Gasteiger partial charge in [-0.2, -0.15) is 0 Å². The van der Waals surface area contributed by atoms with Crippen LogP contribution in [-0.2, 0) is 0 Å². The second-order valence-corrected chi connectivity index (χ2v) is 6.46. The van der Waals surface area contributed by atoms with Crippen LogP contribution < -0.4 is 4.90 Å². The third-order valence-corrected chi connectivity index (χ3v) is 4.79. The molecule has 0 saturated carbocycles. The normalized spacial score (nSPS) is 14.3. The topological polar surface area (TPSA) is 48.6 Å². The Morgan fingerprint density at radius 1 is 0.852 bits per heavy atom. The van der Waals surface area contributed by atoms with Crippen molar-refractivity contribution in [1.82, 2.24) is 4.57 Å². The van der Waals surface area contributed by atoms with E-state index in [1.165, 1.54) is 47.0 Å². The minimum absolute atomic E-state index is 0.0993. The fraction of sp³-hybridized carbons (Fsp3) is 0.143. The molecule has 2 aromatic carbocycles. The highest BCUT2D eigenvalue weighted by molar-refractivity contribution is 5.71.